The Morgan fingerprint density at radius 2 is 1.78 bits per heavy atom. The summed E-state index contributed by atoms with van der Waals surface area (Å²) in [6.45, 7) is 3.46. The van der Waals surface area contributed by atoms with Crippen molar-refractivity contribution in [1.29, 1.82) is 0 Å². The number of aliphatic imine (C=N–C) groups is 1. The van der Waals surface area contributed by atoms with Crippen molar-refractivity contribution in [2.75, 3.05) is 20.0 Å². The van der Waals surface area contributed by atoms with Crippen LogP contribution in [0.4, 0.5) is 5.69 Å². The summed E-state index contributed by atoms with van der Waals surface area (Å²) < 4.78 is 9.80. The van der Waals surface area contributed by atoms with E-state index >= 15 is 0 Å². The van der Waals surface area contributed by atoms with E-state index in [1.807, 2.05) is 6.07 Å². The number of carbonyl (C=O) groups is 2. The average Bonchev–Trinajstić information content (AvgIpc) is 2.53. The molecule has 6 heteroatoms. The number of nitrogens with zero attached hydrogens (tertiary/aromatic N) is 1. The van der Waals surface area contributed by atoms with Gasteiger partial charge in [-0.3, -0.25) is 9.79 Å². The first-order chi connectivity index (χ1) is 10.9. The highest BCUT2D eigenvalue weighted by molar-refractivity contribution is 6.07. The van der Waals surface area contributed by atoms with Crippen LogP contribution >= 0.6 is 0 Å². The van der Waals surface area contributed by atoms with E-state index in [2.05, 4.69) is 4.99 Å². The number of rotatable bonds is 3. The summed E-state index contributed by atoms with van der Waals surface area (Å²) in [5, 5.41) is 0. The number of carbonyl (C=O) groups excluding carboxylic acids is 2. The first kappa shape index (κ1) is 16.7. The minimum absolute atomic E-state index is 0.325. The standard InChI is InChI=1S/C17H20N2O4/c1-9-13(16(20)22-3)15(11-7-5-6-8-12(11)18)14(10(2)19-9)17(21)23-4/h5-8,13,15H,18H2,1-4H3. The van der Waals surface area contributed by atoms with Gasteiger partial charge in [0.15, 0.2) is 0 Å². The lowest BCUT2D eigenvalue weighted by Gasteiger charge is -2.31. The minimum atomic E-state index is -0.720. The smallest absolute Gasteiger partial charge is 0.336 e. The molecule has 23 heavy (non-hydrogen) atoms. The summed E-state index contributed by atoms with van der Waals surface area (Å²) in [6.07, 6.45) is 0. The third kappa shape index (κ3) is 2.97. The van der Waals surface area contributed by atoms with Crippen molar-refractivity contribution in [3.63, 3.8) is 0 Å². The number of anilines is 1. The van der Waals surface area contributed by atoms with Crippen LogP contribution in [0.25, 0.3) is 0 Å². The van der Waals surface area contributed by atoms with Crippen LogP contribution in [0.15, 0.2) is 40.5 Å². The van der Waals surface area contributed by atoms with Gasteiger partial charge in [-0.15, -0.1) is 0 Å². The molecule has 2 atom stereocenters. The summed E-state index contributed by atoms with van der Waals surface area (Å²) in [7, 11) is 2.61. The summed E-state index contributed by atoms with van der Waals surface area (Å²) in [5.74, 6) is -2.30. The normalized spacial score (nSPS) is 20.8. The Hall–Kier alpha value is -2.63. The second-order valence-electron chi connectivity index (χ2n) is 5.35. The number of hydrogen-bond acceptors (Lipinski definition) is 6. The number of para-hydroxylation sites is 1. The quantitative estimate of drug-likeness (QED) is 0.681. The fourth-order valence-corrected chi connectivity index (χ4v) is 2.97. The number of methoxy groups -OCH3 is 2. The number of benzene rings is 1. The lowest BCUT2D eigenvalue weighted by atomic mass is 9.75. The summed E-state index contributed by atoms with van der Waals surface area (Å²) >= 11 is 0. The lowest BCUT2D eigenvalue weighted by Crippen LogP contribution is -2.36. The fourth-order valence-electron chi connectivity index (χ4n) is 2.97. The molecule has 2 rings (SSSR count). The molecule has 0 fully saturated rings. The third-order valence-corrected chi connectivity index (χ3v) is 4.02. The molecule has 1 aromatic rings. The van der Waals surface area contributed by atoms with Gasteiger partial charge < -0.3 is 15.2 Å². The number of esters is 2. The summed E-state index contributed by atoms with van der Waals surface area (Å²) in [5.41, 5.74) is 8.68. The van der Waals surface area contributed by atoms with Crippen LogP contribution in [-0.2, 0) is 19.1 Å². The maximum Gasteiger partial charge on any atom is 0.336 e. The molecule has 0 aromatic heterocycles. The molecule has 0 spiro atoms. The molecule has 1 aliphatic heterocycles. The highest BCUT2D eigenvalue weighted by Crippen LogP contribution is 2.41. The highest BCUT2D eigenvalue weighted by atomic mass is 16.5. The van der Waals surface area contributed by atoms with Crippen molar-refractivity contribution >= 4 is 23.3 Å². The van der Waals surface area contributed by atoms with Gasteiger partial charge in [0.25, 0.3) is 0 Å². The van der Waals surface area contributed by atoms with Crippen LogP contribution in [0.3, 0.4) is 0 Å². The number of allylic oxidation sites excluding steroid dienone is 1. The largest absolute Gasteiger partial charge is 0.468 e. The van der Waals surface area contributed by atoms with Crippen molar-refractivity contribution < 1.29 is 19.1 Å². The molecule has 1 aliphatic rings. The molecule has 1 aromatic carbocycles. The molecular weight excluding hydrogens is 296 g/mol. The van der Waals surface area contributed by atoms with Crippen LogP contribution in [0.1, 0.15) is 25.3 Å². The molecule has 0 saturated carbocycles. The van der Waals surface area contributed by atoms with Gasteiger partial charge >= 0.3 is 11.9 Å². The monoisotopic (exact) mass is 316 g/mol. The Kier molecular flexibility index (Phi) is 4.83. The van der Waals surface area contributed by atoms with E-state index in [0.717, 1.165) is 0 Å². The first-order valence-corrected chi connectivity index (χ1v) is 7.18. The predicted octanol–water partition coefficient (Wildman–Crippen LogP) is 2.06. The number of nitrogens with two attached hydrogens (primary N) is 1. The Morgan fingerprint density at radius 1 is 1.13 bits per heavy atom. The first-order valence-electron chi connectivity index (χ1n) is 7.18. The zero-order valence-corrected chi connectivity index (χ0v) is 13.6. The molecule has 2 unspecified atom stereocenters. The van der Waals surface area contributed by atoms with Crippen molar-refractivity contribution in [3.8, 4) is 0 Å². The molecule has 0 radical (unpaired) electrons. The van der Waals surface area contributed by atoms with E-state index in [1.165, 1.54) is 14.2 Å². The molecule has 1 heterocycles. The van der Waals surface area contributed by atoms with Gasteiger partial charge in [0.1, 0.15) is 5.92 Å². The van der Waals surface area contributed by atoms with Gasteiger partial charge in [0.2, 0.25) is 0 Å². The molecular formula is C17H20N2O4. The van der Waals surface area contributed by atoms with Crippen molar-refractivity contribution in [3.05, 3.63) is 41.1 Å². The molecule has 6 nitrogen and oxygen atoms in total. The number of ether oxygens (including phenoxy) is 2. The molecule has 0 bridgehead atoms. The van der Waals surface area contributed by atoms with Crippen LogP contribution in [0.2, 0.25) is 0 Å². The van der Waals surface area contributed by atoms with E-state index in [1.54, 1.807) is 32.0 Å². The van der Waals surface area contributed by atoms with Crippen LogP contribution in [0.5, 0.6) is 0 Å². The van der Waals surface area contributed by atoms with E-state index in [0.29, 0.717) is 28.2 Å². The van der Waals surface area contributed by atoms with Crippen molar-refractivity contribution in [2.24, 2.45) is 10.9 Å². The van der Waals surface area contributed by atoms with Crippen LogP contribution in [-0.4, -0.2) is 31.9 Å². The predicted molar refractivity (Wildman–Crippen MR) is 86.9 cm³/mol. The van der Waals surface area contributed by atoms with E-state index in [9.17, 15) is 9.59 Å². The van der Waals surface area contributed by atoms with E-state index in [-0.39, 0.29) is 0 Å². The van der Waals surface area contributed by atoms with Gasteiger partial charge in [-0.05, 0) is 25.5 Å². The minimum Gasteiger partial charge on any atom is -0.468 e. The number of hydrogen-bond donors (Lipinski definition) is 1. The van der Waals surface area contributed by atoms with Gasteiger partial charge in [-0.2, -0.15) is 0 Å². The number of nitrogen functional groups attached to an aromatic ring is 1. The lowest BCUT2D eigenvalue weighted by molar-refractivity contribution is -0.143. The maximum absolute atomic E-state index is 12.3. The maximum atomic E-state index is 12.3. The molecule has 2 N–H and O–H groups in total. The van der Waals surface area contributed by atoms with Gasteiger partial charge in [0.05, 0.1) is 19.8 Å². The zero-order chi connectivity index (χ0) is 17.1. The van der Waals surface area contributed by atoms with Crippen molar-refractivity contribution in [2.45, 2.75) is 19.8 Å². The molecule has 122 valence electrons. The second kappa shape index (κ2) is 6.64. The van der Waals surface area contributed by atoms with Crippen LogP contribution < -0.4 is 5.73 Å². The molecule has 0 aliphatic carbocycles. The molecule has 0 saturated heterocycles. The Morgan fingerprint density at radius 3 is 2.35 bits per heavy atom. The average molecular weight is 316 g/mol. The summed E-state index contributed by atoms with van der Waals surface area (Å²) in [6, 6.07) is 7.13. The van der Waals surface area contributed by atoms with Gasteiger partial charge in [-0.25, -0.2) is 4.79 Å². The van der Waals surface area contributed by atoms with Gasteiger partial charge in [0, 0.05) is 23.0 Å². The Bertz CT molecular complexity index is 706. The molecule has 0 amide bonds. The SMILES string of the molecule is COC(=O)C1=C(C)N=C(C)C(C(=O)OC)C1c1ccccc1N. The van der Waals surface area contributed by atoms with E-state index in [4.69, 9.17) is 15.2 Å². The summed E-state index contributed by atoms with van der Waals surface area (Å²) in [4.78, 5) is 29.0. The Labute approximate surface area is 135 Å². The zero-order valence-electron chi connectivity index (χ0n) is 13.6. The fraction of sp³-hybridized carbons (Fsp3) is 0.353. The highest BCUT2D eigenvalue weighted by Gasteiger charge is 2.42. The Balaban J connectivity index is 2.71. The topological polar surface area (TPSA) is 91.0 Å². The second-order valence-corrected chi connectivity index (χ2v) is 5.35. The van der Waals surface area contributed by atoms with Gasteiger partial charge in [-0.1, -0.05) is 18.2 Å². The van der Waals surface area contributed by atoms with Crippen LogP contribution in [0, 0.1) is 5.92 Å². The third-order valence-electron chi connectivity index (χ3n) is 4.02. The van der Waals surface area contributed by atoms with Crippen molar-refractivity contribution in [1.82, 2.24) is 0 Å². The van der Waals surface area contributed by atoms with E-state index < -0.39 is 23.8 Å².